The third-order valence-electron chi connectivity index (χ3n) is 2.82. The Labute approximate surface area is 124 Å². The van der Waals surface area contributed by atoms with E-state index in [0.717, 1.165) is 5.56 Å². The van der Waals surface area contributed by atoms with Crippen LogP contribution in [0.1, 0.15) is 16.0 Å². The minimum absolute atomic E-state index is 0.0193. The van der Waals surface area contributed by atoms with Crippen molar-refractivity contribution in [3.05, 3.63) is 74.8 Å². The first kappa shape index (κ1) is 14.0. The highest BCUT2D eigenvalue weighted by atomic mass is 79.9. The maximum absolute atomic E-state index is 11.0. The highest BCUT2D eigenvalue weighted by Gasteiger charge is 2.16. The van der Waals surface area contributed by atoms with Gasteiger partial charge in [-0.15, -0.1) is 0 Å². The molecule has 0 radical (unpaired) electrons. The Bertz CT molecular complexity index is 586. The molecule has 2 aromatic carbocycles. The van der Waals surface area contributed by atoms with Gasteiger partial charge >= 0.3 is 0 Å². The molecule has 0 heterocycles. The Morgan fingerprint density at radius 2 is 1.79 bits per heavy atom. The van der Waals surface area contributed by atoms with Crippen LogP contribution in [0.5, 0.6) is 0 Å². The third kappa shape index (κ3) is 3.55. The van der Waals surface area contributed by atoms with Crippen molar-refractivity contribution in [2.24, 2.45) is 0 Å². The molecule has 0 aliphatic carbocycles. The van der Waals surface area contributed by atoms with Gasteiger partial charge in [0.1, 0.15) is 0 Å². The van der Waals surface area contributed by atoms with E-state index in [1.54, 1.807) is 12.1 Å². The number of hydrogen-bond donors (Lipinski definition) is 0. The van der Waals surface area contributed by atoms with Gasteiger partial charge in [0, 0.05) is 21.5 Å². The van der Waals surface area contributed by atoms with Crippen molar-refractivity contribution >= 4 is 33.2 Å². The summed E-state index contributed by atoms with van der Waals surface area (Å²) in [5.41, 5.74) is 1.91. The molecule has 1 unspecified atom stereocenters. The zero-order valence-electron chi connectivity index (χ0n) is 9.92. The molecule has 0 aliphatic heterocycles. The highest BCUT2D eigenvalue weighted by Crippen LogP contribution is 2.31. The summed E-state index contributed by atoms with van der Waals surface area (Å²) in [5.74, 6) is 0. The van der Waals surface area contributed by atoms with Crippen LogP contribution < -0.4 is 0 Å². The molecule has 0 fully saturated rings. The maximum atomic E-state index is 11.0. The number of alkyl halides is 1. The fourth-order valence-electron chi connectivity index (χ4n) is 1.84. The molecule has 3 nitrogen and oxygen atoms in total. The van der Waals surface area contributed by atoms with Gasteiger partial charge in [-0.05, 0) is 24.1 Å². The number of para-hydroxylation sites is 1. The van der Waals surface area contributed by atoms with Crippen LogP contribution in [0.15, 0.2) is 48.5 Å². The third-order valence-corrected chi connectivity index (χ3v) is 3.92. The summed E-state index contributed by atoms with van der Waals surface area (Å²) >= 11 is 9.40. The van der Waals surface area contributed by atoms with Crippen molar-refractivity contribution in [3.63, 3.8) is 0 Å². The van der Waals surface area contributed by atoms with Crippen LogP contribution in [0.3, 0.4) is 0 Å². The van der Waals surface area contributed by atoms with E-state index in [-0.39, 0.29) is 15.4 Å². The van der Waals surface area contributed by atoms with E-state index < -0.39 is 0 Å². The summed E-state index contributed by atoms with van der Waals surface area (Å²) < 4.78 is 0. The van der Waals surface area contributed by atoms with E-state index in [9.17, 15) is 10.1 Å². The topological polar surface area (TPSA) is 43.1 Å². The molecule has 0 aliphatic rings. The summed E-state index contributed by atoms with van der Waals surface area (Å²) in [6.07, 6.45) is 0.554. The zero-order chi connectivity index (χ0) is 13.8. The van der Waals surface area contributed by atoms with E-state index in [1.165, 1.54) is 6.07 Å². The molecule has 2 rings (SSSR count). The van der Waals surface area contributed by atoms with Gasteiger partial charge in [0.05, 0.1) is 4.92 Å². The molecule has 98 valence electrons. The summed E-state index contributed by atoms with van der Waals surface area (Å²) in [7, 11) is 0. The Balaban J connectivity index is 2.21. The molecule has 0 spiro atoms. The quantitative estimate of drug-likeness (QED) is 0.450. The van der Waals surface area contributed by atoms with Crippen LogP contribution >= 0.6 is 27.5 Å². The molecule has 1 atom stereocenters. The van der Waals surface area contributed by atoms with E-state index in [0.29, 0.717) is 17.0 Å². The molecular formula is C14H11BrClNO2. The van der Waals surface area contributed by atoms with Gasteiger partial charge in [-0.3, -0.25) is 10.1 Å². The van der Waals surface area contributed by atoms with Crippen molar-refractivity contribution in [1.82, 2.24) is 0 Å². The molecule has 19 heavy (non-hydrogen) atoms. The van der Waals surface area contributed by atoms with Crippen LogP contribution in [0.2, 0.25) is 5.02 Å². The number of nitro groups is 1. The first-order chi connectivity index (χ1) is 9.08. The van der Waals surface area contributed by atoms with Crippen LogP contribution in [0.25, 0.3) is 0 Å². The molecule has 5 heteroatoms. The lowest BCUT2D eigenvalue weighted by atomic mass is 10.0. The standard InChI is InChI=1S/C14H11BrClNO2/c15-13(10-5-7-12(16)8-6-10)9-11-3-1-2-4-14(11)17(18)19/h1-8,13H,9H2. The Hall–Kier alpha value is -1.39. The van der Waals surface area contributed by atoms with Crippen LogP contribution in [-0.2, 0) is 6.42 Å². The zero-order valence-corrected chi connectivity index (χ0v) is 12.3. The minimum Gasteiger partial charge on any atom is -0.258 e. The predicted octanol–water partition coefficient (Wildman–Crippen LogP) is 4.93. The molecule has 0 saturated carbocycles. The van der Waals surface area contributed by atoms with E-state index >= 15 is 0 Å². The monoisotopic (exact) mass is 339 g/mol. The fourth-order valence-corrected chi connectivity index (χ4v) is 2.62. The second-order valence-electron chi connectivity index (χ2n) is 4.11. The molecule has 0 N–H and O–H groups in total. The van der Waals surface area contributed by atoms with E-state index in [4.69, 9.17) is 11.6 Å². The second kappa shape index (κ2) is 6.17. The minimum atomic E-state index is -0.350. The molecule has 0 aromatic heterocycles. The summed E-state index contributed by atoms with van der Waals surface area (Å²) in [5, 5.41) is 11.6. The maximum Gasteiger partial charge on any atom is 0.272 e. The van der Waals surface area contributed by atoms with Crippen LogP contribution in [0.4, 0.5) is 5.69 Å². The Kier molecular flexibility index (Phi) is 4.56. The number of nitro benzene ring substituents is 1. The van der Waals surface area contributed by atoms with Crippen molar-refractivity contribution in [2.75, 3.05) is 0 Å². The number of halogens is 2. The average Bonchev–Trinajstić information content (AvgIpc) is 2.39. The van der Waals surface area contributed by atoms with Crippen molar-refractivity contribution < 1.29 is 4.92 Å². The van der Waals surface area contributed by atoms with Gasteiger partial charge in [0.25, 0.3) is 5.69 Å². The number of rotatable bonds is 4. The summed E-state index contributed by atoms with van der Waals surface area (Å²) in [6.45, 7) is 0. The molecule has 0 bridgehead atoms. The highest BCUT2D eigenvalue weighted by molar-refractivity contribution is 9.09. The van der Waals surface area contributed by atoms with Gasteiger partial charge in [0.2, 0.25) is 0 Å². The predicted molar refractivity (Wildman–Crippen MR) is 79.9 cm³/mol. The molecule has 2 aromatic rings. The summed E-state index contributed by atoms with van der Waals surface area (Å²) in [4.78, 5) is 10.6. The van der Waals surface area contributed by atoms with E-state index in [2.05, 4.69) is 15.9 Å². The van der Waals surface area contributed by atoms with Crippen molar-refractivity contribution in [2.45, 2.75) is 11.2 Å². The number of hydrogen-bond acceptors (Lipinski definition) is 2. The van der Waals surface area contributed by atoms with Gasteiger partial charge in [0.15, 0.2) is 0 Å². The summed E-state index contributed by atoms with van der Waals surface area (Å²) in [6, 6.07) is 14.2. The van der Waals surface area contributed by atoms with Crippen molar-refractivity contribution in [3.8, 4) is 0 Å². The van der Waals surface area contributed by atoms with Gasteiger partial charge in [-0.25, -0.2) is 0 Å². The number of nitrogens with zero attached hydrogens (tertiary/aromatic N) is 1. The van der Waals surface area contributed by atoms with E-state index in [1.807, 2.05) is 30.3 Å². The lowest BCUT2D eigenvalue weighted by Crippen LogP contribution is -1.99. The Morgan fingerprint density at radius 1 is 1.16 bits per heavy atom. The fraction of sp³-hybridized carbons (Fsp3) is 0.143. The molecule has 0 amide bonds. The average molecular weight is 341 g/mol. The lowest BCUT2D eigenvalue weighted by Gasteiger charge is -2.10. The number of benzene rings is 2. The van der Waals surface area contributed by atoms with Crippen LogP contribution in [0, 0.1) is 10.1 Å². The SMILES string of the molecule is O=[N+]([O-])c1ccccc1CC(Br)c1ccc(Cl)cc1. The van der Waals surface area contributed by atoms with Gasteiger partial charge < -0.3 is 0 Å². The van der Waals surface area contributed by atoms with Crippen LogP contribution in [-0.4, -0.2) is 4.92 Å². The normalized spacial score (nSPS) is 12.1. The largest absolute Gasteiger partial charge is 0.272 e. The smallest absolute Gasteiger partial charge is 0.258 e. The Morgan fingerprint density at radius 3 is 2.42 bits per heavy atom. The van der Waals surface area contributed by atoms with Gasteiger partial charge in [-0.1, -0.05) is 57.9 Å². The van der Waals surface area contributed by atoms with Crippen molar-refractivity contribution in [1.29, 1.82) is 0 Å². The molecule has 0 saturated heterocycles. The molecular weight excluding hydrogens is 330 g/mol. The first-order valence-corrected chi connectivity index (χ1v) is 6.99. The van der Waals surface area contributed by atoms with Gasteiger partial charge in [-0.2, -0.15) is 0 Å². The lowest BCUT2D eigenvalue weighted by molar-refractivity contribution is -0.385. The second-order valence-corrected chi connectivity index (χ2v) is 5.65. The first-order valence-electron chi connectivity index (χ1n) is 5.70.